The van der Waals surface area contributed by atoms with Crippen LogP contribution in [0.25, 0.3) is 0 Å². The summed E-state index contributed by atoms with van der Waals surface area (Å²) in [6, 6.07) is 22.3. The van der Waals surface area contributed by atoms with Gasteiger partial charge in [0.2, 0.25) is 0 Å². The Labute approximate surface area is 156 Å². The van der Waals surface area contributed by atoms with Crippen LogP contribution in [-0.2, 0) is 12.7 Å². The van der Waals surface area contributed by atoms with Crippen molar-refractivity contribution in [2.24, 2.45) is 4.99 Å². The molecule has 0 heterocycles. The highest BCUT2D eigenvalue weighted by Crippen LogP contribution is 2.28. The lowest BCUT2D eigenvalue weighted by Crippen LogP contribution is -2.04. The van der Waals surface area contributed by atoms with E-state index in [2.05, 4.69) is 16.8 Å². The summed E-state index contributed by atoms with van der Waals surface area (Å²) < 4.78 is 37.8. The van der Waals surface area contributed by atoms with Crippen molar-refractivity contribution in [3.63, 3.8) is 0 Å². The van der Waals surface area contributed by atoms with Crippen molar-refractivity contribution in [2.45, 2.75) is 12.7 Å². The Morgan fingerprint density at radius 3 is 2.15 bits per heavy atom. The van der Waals surface area contributed by atoms with Crippen LogP contribution in [0.5, 0.6) is 0 Å². The topological polar surface area (TPSA) is 12.4 Å². The molecule has 0 amide bonds. The highest BCUT2D eigenvalue weighted by molar-refractivity contribution is 5.83. The van der Waals surface area contributed by atoms with E-state index >= 15 is 0 Å². The van der Waals surface area contributed by atoms with Gasteiger partial charge in [-0.3, -0.25) is 4.99 Å². The maximum absolute atomic E-state index is 12.6. The van der Waals surface area contributed by atoms with Crippen molar-refractivity contribution in [2.75, 3.05) is 0 Å². The highest BCUT2D eigenvalue weighted by atomic mass is 19.4. The molecule has 4 heteroatoms. The highest BCUT2D eigenvalue weighted by Gasteiger charge is 2.29. The van der Waals surface area contributed by atoms with Gasteiger partial charge in [0, 0.05) is 22.9 Å². The molecule has 0 spiro atoms. The Morgan fingerprint density at radius 2 is 1.44 bits per heavy atom. The van der Waals surface area contributed by atoms with Crippen molar-refractivity contribution < 1.29 is 13.2 Å². The summed E-state index contributed by atoms with van der Waals surface area (Å²) in [5.41, 5.74) is 2.60. The molecule has 0 aliphatic carbocycles. The molecule has 0 N–H and O–H groups in total. The first-order valence-corrected chi connectivity index (χ1v) is 8.34. The Balaban J connectivity index is 1.76. The van der Waals surface area contributed by atoms with Crippen LogP contribution in [0.15, 0.2) is 83.9 Å². The fourth-order valence-corrected chi connectivity index (χ4v) is 2.44. The molecule has 3 aromatic carbocycles. The van der Waals surface area contributed by atoms with Gasteiger partial charge in [0.15, 0.2) is 0 Å². The van der Waals surface area contributed by atoms with Crippen molar-refractivity contribution in [3.05, 3.63) is 107 Å². The normalized spacial score (nSPS) is 11.2. The zero-order valence-corrected chi connectivity index (χ0v) is 14.4. The molecule has 0 saturated heterocycles. The van der Waals surface area contributed by atoms with Gasteiger partial charge in [0.25, 0.3) is 0 Å². The van der Waals surface area contributed by atoms with Crippen molar-refractivity contribution in [3.8, 4) is 11.8 Å². The Morgan fingerprint density at radius 1 is 0.778 bits per heavy atom. The van der Waals surface area contributed by atoms with E-state index in [1.54, 1.807) is 6.21 Å². The number of hydrogen-bond donors (Lipinski definition) is 0. The van der Waals surface area contributed by atoms with Gasteiger partial charge in [-0.2, -0.15) is 13.2 Å². The summed E-state index contributed by atoms with van der Waals surface area (Å²) in [6.45, 7) is 0.571. The van der Waals surface area contributed by atoms with Gasteiger partial charge in [-0.15, -0.1) is 0 Å². The molecular weight excluding hydrogens is 347 g/mol. The van der Waals surface area contributed by atoms with E-state index in [4.69, 9.17) is 0 Å². The summed E-state index contributed by atoms with van der Waals surface area (Å²) in [6.07, 6.45) is -2.57. The first-order chi connectivity index (χ1) is 13.0. The molecule has 3 aromatic rings. The minimum atomic E-state index is -4.34. The molecule has 0 radical (unpaired) electrons. The number of rotatable bonds is 3. The van der Waals surface area contributed by atoms with E-state index < -0.39 is 11.7 Å². The predicted octanol–water partition coefficient (Wildman–Crippen LogP) is 5.72. The second-order valence-electron chi connectivity index (χ2n) is 5.87. The number of halogens is 3. The van der Waals surface area contributed by atoms with Crippen LogP contribution in [0.1, 0.15) is 27.8 Å². The molecular formula is C23H16F3N. The molecule has 0 unspecified atom stereocenters. The molecule has 0 aliphatic heterocycles. The lowest BCUT2D eigenvalue weighted by atomic mass is 10.1. The average Bonchev–Trinajstić information content (AvgIpc) is 2.68. The fraction of sp³-hybridized carbons (Fsp3) is 0.0870. The standard InChI is InChI=1S/C23H16F3N/c24-23(25,26)22-14-11-18(12-15-22)10-13-20-8-4-5-9-21(20)17-27-16-19-6-2-1-3-7-19/h1-9,11-12,14-15,17H,16H2. The third-order valence-electron chi connectivity index (χ3n) is 3.86. The number of alkyl halides is 3. The Kier molecular flexibility index (Phi) is 5.73. The van der Waals surface area contributed by atoms with E-state index in [0.29, 0.717) is 12.1 Å². The summed E-state index contributed by atoms with van der Waals surface area (Å²) in [4.78, 5) is 4.45. The maximum atomic E-state index is 12.6. The third-order valence-corrected chi connectivity index (χ3v) is 3.86. The summed E-state index contributed by atoms with van der Waals surface area (Å²) in [5.74, 6) is 5.92. The fourth-order valence-electron chi connectivity index (χ4n) is 2.44. The summed E-state index contributed by atoms with van der Waals surface area (Å²) in [5, 5.41) is 0. The van der Waals surface area contributed by atoms with Crippen LogP contribution >= 0.6 is 0 Å². The minimum absolute atomic E-state index is 0.527. The van der Waals surface area contributed by atoms with Crippen molar-refractivity contribution in [1.29, 1.82) is 0 Å². The van der Waals surface area contributed by atoms with Crippen LogP contribution in [0.2, 0.25) is 0 Å². The summed E-state index contributed by atoms with van der Waals surface area (Å²) >= 11 is 0. The predicted molar refractivity (Wildman–Crippen MR) is 102 cm³/mol. The van der Waals surface area contributed by atoms with Crippen LogP contribution in [0, 0.1) is 11.8 Å². The second kappa shape index (κ2) is 8.37. The Hall–Kier alpha value is -3.32. The molecule has 3 rings (SSSR count). The molecule has 134 valence electrons. The molecule has 0 aromatic heterocycles. The zero-order chi connectivity index (χ0) is 19.1. The lowest BCUT2D eigenvalue weighted by Gasteiger charge is -2.05. The van der Waals surface area contributed by atoms with Crippen LogP contribution in [0.4, 0.5) is 13.2 Å². The molecule has 27 heavy (non-hydrogen) atoms. The molecule has 0 aliphatic rings. The average molecular weight is 363 g/mol. The summed E-state index contributed by atoms with van der Waals surface area (Å²) in [7, 11) is 0. The van der Waals surface area contributed by atoms with Gasteiger partial charge in [-0.05, 0) is 35.9 Å². The SMILES string of the molecule is FC(F)(F)c1ccc(C#Cc2ccccc2C=NCc2ccccc2)cc1. The lowest BCUT2D eigenvalue weighted by molar-refractivity contribution is -0.137. The molecule has 0 fully saturated rings. The van der Waals surface area contributed by atoms with Gasteiger partial charge in [-0.25, -0.2) is 0 Å². The van der Waals surface area contributed by atoms with Gasteiger partial charge < -0.3 is 0 Å². The smallest absolute Gasteiger partial charge is 0.288 e. The molecule has 0 atom stereocenters. The second-order valence-corrected chi connectivity index (χ2v) is 5.87. The van der Waals surface area contributed by atoms with E-state index in [-0.39, 0.29) is 0 Å². The monoisotopic (exact) mass is 363 g/mol. The number of nitrogens with zero attached hydrogens (tertiary/aromatic N) is 1. The quantitative estimate of drug-likeness (QED) is 0.417. The van der Waals surface area contributed by atoms with Crippen molar-refractivity contribution >= 4 is 6.21 Å². The first-order valence-electron chi connectivity index (χ1n) is 8.34. The molecule has 0 bridgehead atoms. The van der Waals surface area contributed by atoms with Gasteiger partial charge in [0.05, 0.1) is 12.1 Å². The van der Waals surface area contributed by atoms with E-state index in [9.17, 15) is 13.2 Å². The zero-order valence-electron chi connectivity index (χ0n) is 14.4. The van der Waals surface area contributed by atoms with Crippen LogP contribution in [-0.4, -0.2) is 6.21 Å². The molecule has 0 saturated carbocycles. The number of aliphatic imine (C=N–C) groups is 1. The first kappa shape index (κ1) is 18.5. The Bertz CT molecular complexity index is 976. The minimum Gasteiger partial charge on any atom is -0.288 e. The number of hydrogen-bond acceptors (Lipinski definition) is 1. The van der Waals surface area contributed by atoms with Gasteiger partial charge in [-0.1, -0.05) is 60.4 Å². The van der Waals surface area contributed by atoms with Crippen LogP contribution in [0.3, 0.4) is 0 Å². The largest absolute Gasteiger partial charge is 0.416 e. The third kappa shape index (κ3) is 5.32. The van der Waals surface area contributed by atoms with E-state index in [0.717, 1.165) is 28.8 Å². The van der Waals surface area contributed by atoms with Crippen molar-refractivity contribution in [1.82, 2.24) is 0 Å². The van der Waals surface area contributed by atoms with Crippen LogP contribution < -0.4 is 0 Å². The molecule has 1 nitrogen and oxygen atoms in total. The maximum Gasteiger partial charge on any atom is 0.416 e. The van der Waals surface area contributed by atoms with Gasteiger partial charge >= 0.3 is 6.18 Å². The van der Waals surface area contributed by atoms with Gasteiger partial charge in [0.1, 0.15) is 0 Å². The van der Waals surface area contributed by atoms with E-state index in [1.807, 2.05) is 54.6 Å². The van der Waals surface area contributed by atoms with E-state index in [1.165, 1.54) is 12.1 Å². The number of benzene rings is 3.